The minimum atomic E-state index is 0.421. The summed E-state index contributed by atoms with van der Waals surface area (Å²) < 4.78 is 16.6. The molecule has 0 heterocycles. The second-order valence-corrected chi connectivity index (χ2v) is 6.00. The molecule has 116 valence electrons. The van der Waals surface area contributed by atoms with Gasteiger partial charge in [-0.05, 0) is 38.5 Å². The molecule has 1 aliphatic rings. The van der Waals surface area contributed by atoms with Gasteiger partial charge in [0.25, 0.3) is 0 Å². The van der Waals surface area contributed by atoms with E-state index in [0.29, 0.717) is 11.8 Å². The Morgan fingerprint density at radius 2 is 1.38 bits per heavy atom. The molecule has 0 N–H and O–H groups in total. The first-order valence-corrected chi connectivity index (χ1v) is 7.46. The number of benzene rings is 1. The van der Waals surface area contributed by atoms with E-state index in [1.54, 1.807) is 21.3 Å². The largest absolute Gasteiger partial charge is 0.496 e. The topological polar surface area (TPSA) is 27.7 Å². The van der Waals surface area contributed by atoms with E-state index in [4.69, 9.17) is 14.2 Å². The standard InChI is InChI=1S/C18H26O3/c1-11-7-13(3)15(8-12(11)2)18-16(20-5)9-14(19-4)10-17(18)21-6/h9-10,13,15H,7-8H2,1-6H3. The van der Waals surface area contributed by atoms with Crippen LogP contribution < -0.4 is 14.2 Å². The summed E-state index contributed by atoms with van der Waals surface area (Å²) in [6, 6.07) is 3.90. The van der Waals surface area contributed by atoms with Gasteiger partial charge in [0.15, 0.2) is 0 Å². The van der Waals surface area contributed by atoms with Crippen molar-refractivity contribution < 1.29 is 14.2 Å². The van der Waals surface area contributed by atoms with Crippen molar-refractivity contribution in [2.24, 2.45) is 5.92 Å². The van der Waals surface area contributed by atoms with Gasteiger partial charge >= 0.3 is 0 Å². The number of hydrogen-bond acceptors (Lipinski definition) is 3. The Bertz CT molecular complexity index is 520. The van der Waals surface area contributed by atoms with Crippen molar-refractivity contribution in [3.8, 4) is 17.2 Å². The molecule has 1 aromatic rings. The van der Waals surface area contributed by atoms with Gasteiger partial charge in [0.2, 0.25) is 0 Å². The minimum Gasteiger partial charge on any atom is -0.496 e. The third kappa shape index (κ3) is 3.02. The molecule has 2 atom stereocenters. The fraction of sp³-hybridized carbons (Fsp3) is 0.556. The molecule has 0 aromatic heterocycles. The van der Waals surface area contributed by atoms with Gasteiger partial charge in [0.05, 0.1) is 21.3 Å². The molecule has 0 radical (unpaired) electrons. The molecule has 2 unspecified atom stereocenters. The fourth-order valence-corrected chi connectivity index (χ4v) is 3.29. The van der Waals surface area contributed by atoms with Gasteiger partial charge in [0.1, 0.15) is 17.2 Å². The predicted molar refractivity (Wildman–Crippen MR) is 85.6 cm³/mol. The molecule has 0 bridgehead atoms. The SMILES string of the molecule is COc1cc(OC)c(C2CC(C)=C(C)CC2C)c(OC)c1. The lowest BCUT2D eigenvalue weighted by Gasteiger charge is -2.33. The van der Waals surface area contributed by atoms with Crippen LogP contribution in [0, 0.1) is 5.92 Å². The molecule has 0 amide bonds. The Labute approximate surface area is 127 Å². The lowest BCUT2D eigenvalue weighted by atomic mass is 9.73. The van der Waals surface area contributed by atoms with Gasteiger partial charge in [-0.3, -0.25) is 0 Å². The molecule has 0 saturated heterocycles. The molecule has 1 aliphatic carbocycles. The van der Waals surface area contributed by atoms with Crippen molar-refractivity contribution in [3.63, 3.8) is 0 Å². The predicted octanol–water partition coefficient (Wildman–Crippen LogP) is 4.56. The Balaban J connectivity index is 2.52. The van der Waals surface area contributed by atoms with Gasteiger partial charge in [0, 0.05) is 17.7 Å². The van der Waals surface area contributed by atoms with E-state index >= 15 is 0 Å². The molecular formula is C18H26O3. The smallest absolute Gasteiger partial charge is 0.129 e. The van der Waals surface area contributed by atoms with E-state index in [9.17, 15) is 0 Å². The fourth-order valence-electron chi connectivity index (χ4n) is 3.29. The highest BCUT2D eigenvalue weighted by molar-refractivity contribution is 5.53. The Kier molecular flexibility index (Phi) is 4.81. The molecule has 3 nitrogen and oxygen atoms in total. The maximum Gasteiger partial charge on any atom is 0.129 e. The van der Waals surface area contributed by atoms with Crippen LogP contribution in [0.5, 0.6) is 17.2 Å². The van der Waals surface area contributed by atoms with E-state index in [1.807, 2.05) is 12.1 Å². The third-order valence-electron chi connectivity index (χ3n) is 4.69. The first-order valence-electron chi connectivity index (χ1n) is 7.46. The Hall–Kier alpha value is -1.64. The molecule has 1 aromatic carbocycles. The first-order chi connectivity index (χ1) is 10.0. The normalized spacial score (nSPS) is 22.2. The van der Waals surface area contributed by atoms with E-state index in [2.05, 4.69) is 20.8 Å². The monoisotopic (exact) mass is 290 g/mol. The molecule has 21 heavy (non-hydrogen) atoms. The summed E-state index contributed by atoms with van der Waals surface area (Å²) in [5, 5.41) is 0. The average molecular weight is 290 g/mol. The van der Waals surface area contributed by atoms with Crippen LogP contribution in [-0.4, -0.2) is 21.3 Å². The van der Waals surface area contributed by atoms with Crippen molar-refractivity contribution in [1.29, 1.82) is 0 Å². The number of rotatable bonds is 4. The summed E-state index contributed by atoms with van der Waals surface area (Å²) in [4.78, 5) is 0. The number of ether oxygens (including phenoxy) is 3. The molecule has 0 aliphatic heterocycles. The highest BCUT2D eigenvalue weighted by atomic mass is 16.5. The van der Waals surface area contributed by atoms with Crippen LogP contribution in [0.3, 0.4) is 0 Å². The highest BCUT2D eigenvalue weighted by Gasteiger charge is 2.30. The lowest BCUT2D eigenvalue weighted by Crippen LogP contribution is -2.18. The molecule has 2 rings (SSSR count). The zero-order chi connectivity index (χ0) is 15.6. The van der Waals surface area contributed by atoms with Crippen molar-refractivity contribution in [2.45, 2.75) is 39.5 Å². The van der Waals surface area contributed by atoms with Crippen molar-refractivity contribution in [3.05, 3.63) is 28.8 Å². The van der Waals surface area contributed by atoms with Crippen molar-refractivity contribution >= 4 is 0 Å². The summed E-state index contributed by atoms with van der Waals surface area (Å²) in [6.07, 6.45) is 2.20. The van der Waals surface area contributed by atoms with Crippen LogP contribution in [0.25, 0.3) is 0 Å². The molecule has 3 heteroatoms. The zero-order valence-electron chi connectivity index (χ0n) is 13.9. The van der Waals surface area contributed by atoms with E-state index < -0.39 is 0 Å². The quantitative estimate of drug-likeness (QED) is 0.761. The van der Waals surface area contributed by atoms with Gasteiger partial charge in [-0.2, -0.15) is 0 Å². The minimum absolute atomic E-state index is 0.421. The highest BCUT2D eigenvalue weighted by Crippen LogP contribution is 2.48. The van der Waals surface area contributed by atoms with Crippen LogP contribution in [0.1, 0.15) is 45.1 Å². The van der Waals surface area contributed by atoms with Crippen molar-refractivity contribution in [1.82, 2.24) is 0 Å². The van der Waals surface area contributed by atoms with Gasteiger partial charge in [-0.15, -0.1) is 0 Å². The summed E-state index contributed by atoms with van der Waals surface area (Å²) in [7, 11) is 5.08. The third-order valence-corrected chi connectivity index (χ3v) is 4.69. The number of allylic oxidation sites excluding steroid dienone is 2. The lowest BCUT2D eigenvalue weighted by molar-refractivity contribution is 0.343. The molecule has 0 saturated carbocycles. The summed E-state index contributed by atoms with van der Waals surface area (Å²) in [6.45, 7) is 6.78. The van der Waals surface area contributed by atoms with Crippen LogP contribution >= 0.6 is 0 Å². The molecule has 0 spiro atoms. The Morgan fingerprint density at radius 3 is 1.86 bits per heavy atom. The Morgan fingerprint density at radius 1 is 0.857 bits per heavy atom. The second-order valence-electron chi connectivity index (χ2n) is 6.00. The van der Waals surface area contributed by atoms with Crippen LogP contribution in [0.15, 0.2) is 23.3 Å². The summed E-state index contributed by atoms with van der Waals surface area (Å²) in [5.41, 5.74) is 4.17. The zero-order valence-corrected chi connectivity index (χ0v) is 13.9. The number of methoxy groups -OCH3 is 3. The van der Waals surface area contributed by atoms with E-state index in [0.717, 1.165) is 30.1 Å². The maximum atomic E-state index is 5.62. The van der Waals surface area contributed by atoms with Crippen molar-refractivity contribution in [2.75, 3.05) is 21.3 Å². The first kappa shape index (κ1) is 15.7. The van der Waals surface area contributed by atoms with Crippen LogP contribution in [0.2, 0.25) is 0 Å². The second kappa shape index (κ2) is 6.42. The van der Waals surface area contributed by atoms with Crippen LogP contribution in [0.4, 0.5) is 0 Å². The maximum absolute atomic E-state index is 5.62. The average Bonchev–Trinajstić information content (AvgIpc) is 2.49. The molecular weight excluding hydrogens is 264 g/mol. The van der Waals surface area contributed by atoms with E-state index in [1.165, 1.54) is 16.7 Å². The summed E-state index contributed by atoms with van der Waals surface area (Å²) >= 11 is 0. The van der Waals surface area contributed by atoms with Gasteiger partial charge in [-0.25, -0.2) is 0 Å². The van der Waals surface area contributed by atoms with Gasteiger partial charge in [-0.1, -0.05) is 18.1 Å². The van der Waals surface area contributed by atoms with E-state index in [-0.39, 0.29) is 0 Å². The number of hydrogen-bond donors (Lipinski definition) is 0. The molecule has 0 fully saturated rings. The van der Waals surface area contributed by atoms with Gasteiger partial charge < -0.3 is 14.2 Å². The summed E-state index contributed by atoms with van der Waals surface area (Å²) in [5.74, 6) is 3.47. The van der Waals surface area contributed by atoms with Crippen LogP contribution in [-0.2, 0) is 0 Å².